The number of hydrogen-bond donors (Lipinski definition) is 1. The van der Waals surface area contributed by atoms with Crippen LogP contribution in [-0.2, 0) is 9.53 Å². The van der Waals surface area contributed by atoms with Crippen molar-refractivity contribution in [2.75, 3.05) is 32.8 Å². The fourth-order valence-electron chi connectivity index (χ4n) is 3.45. The molecule has 2 aliphatic rings. The molecule has 1 atom stereocenters. The fourth-order valence-corrected chi connectivity index (χ4v) is 3.45. The van der Waals surface area contributed by atoms with Gasteiger partial charge in [-0.15, -0.1) is 12.4 Å². The van der Waals surface area contributed by atoms with Crippen LogP contribution in [0.5, 0.6) is 5.75 Å². The normalized spacial score (nSPS) is 23.0. The summed E-state index contributed by atoms with van der Waals surface area (Å²) in [6.45, 7) is 5.62. The van der Waals surface area contributed by atoms with Crippen LogP contribution in [0.25, 0.3) is 0 Å². The zero-order valence-electron chi connectivity index (χ0n) is 14.4. The summed E-state index contributed by atoms with van der Waals surface area (Å²) >= 11 is 0. The molecule has 1 unspecified atom stereocenters. The molecule has 0 amide bonds. The summed E-state index contributed by atoms with van der Waals surface area (Å²) in [5.41, 5.74) is -0.511. The molecular formula is C18H25ClFNO4. The van der Waals surface area contributed by atoms with Gasteiger partial charge in [0.1, 0.15) is 0 Å². The zero-order valence-corrected chi connectivity index (χ0v) is 15.2. The van der Waals surface area contributed by atoms with Gasteiger partial charge in [0, 0.05) is 39.1 Å². The van der Waals surface area contributed by atoms with Crippen LogP contribution in [0.3, 0.4) is 0 Å². The molecule has 7 heteroatoms. The first-order valence-electron chi connectivity index (χ1n) is 8.47. The summed E-state index contributed by atoms with van der Waals surface area (Å²) in [5, 5.41) is 9.69. The van der Waals surface area contributed by atoms with Crippen molar-refractivity contribution in [2.45, 2.75) is 31.8 Å². The molecule has 0 saturated carbocycles. The SMILES string of the molecule is Cc1ccc(F)c(OC2(C(=O)O)CCN(CC3CCOC3)CC2)c1.Cl. The lowest BCUT2D eigenvalue weighted by Crippen LogP contribution is -2.54. The molecule has 0 aromatic heterocycles. The Morgan fingerprint density at radius 2 is 2.16 bits per heavy atom. The summed E-state index contributed by atoms with van der Waals surface area (Å²) in [7, 11) is 0. The van der Waals surface area contributed by atoms with Gasteiger partial charge in [0.2, 0.25) is 5.60 Å². The molecule has 0 bridgehead atoms. The first-order valence-corrected chi connectivity index (χ1v) is 8.47. The molecule has 1 aromatic carbocycles. The average Bonchev–Trinajstić information content (AvgIpc) is 3.06. The minimum absolute atomic E-state index is 0. The monoisotopic (exact) mass is 373 g/mol. The van der Waals surface area contributed by atoms with Gasteiger partial charge < -0.3 is 19.5 Å². The highest BCUT2D eigenvalue weighted by Crippen LogP contribution is 2.32. The van der Waals surface area contributed by atoms with Gasteiger partial charge in [-0.25, -0.2) is 9.18 Å². The number of ether oxygens (including phenoxy) is 2. The predicted octanol–water partition coefficient (Wildman–Crippen LogP) is 2.89. The van der Waals surface area contributed by atoms with Gasteiger partial charge in [0.05, 0.1) is 6.61 Å². The standard InChI is InChI=1S/C18H24FNO4.ClH/c1-13-2-3-15(19)16(10-13)24-18(17(21)22)5-7-20(8-6-18)11-14-4-9-23-12-14;/h2-3,10,14H,4-9,11-12H2,1H3,(H,21,22);1H. The second-order valence-electron chi connectivity index (χ2n) is 6.87. The summed E-state index contributed by atoms with van der Waals surface area (Å²) in [6.07, 6.45) is 1.76. The third kappa shape index (κ3) is 4.63. The lowest BCUT2D eigenvalue weighted by Gasteiger charge is -2.39. The van der Waals surface area contributed by atoms with E-state index in [1.807, 2.05) is 6.92 Å². The number of carbonyl (C=O) groups is 1. The van der Waals surface area contributed by atoms with Crippen LogP contribution in [0.2, 0.25) is 0 Å². The number of halogens is 2. The minimum Gasteiger partial charge on any atom is -0.478 e. The summed E-state index contributed by atoms with van der Waals surface area (Å²) < 4.78 is 25.1. The number of hydrogen-bond acceptors (Lipinski definition) is 4. The topological polar surface area (TPSA) is 59.0 Å². The van der Waals surface area contributed by atoms with Crippen LogP contribution in [-0.4, -0.2) is 54.4 Å². The first kappa shape index (κ1) is 19.9. The average molecular weight is 374 g/mol. The van der Waals surface area contributed by atoms with Crippen LogP contribution in [0.4, 0.5) is 4.39 Å². The van der Waals surface area contributed by atoms with E-state index in [9.17, 15) is 14.3 Å². The predicted molar refractivity (Wildman–Crippen MR) is 94.0 cm³/mol. The van der Waals surface area contributed by atoms with Crippen LogP contribution < -0.4 is 4.74 Å². The summed E-state index contributed by atoms with van der Waals surface area (Å²) in [5.74, 6) is -0.994. The van der Waals surface area contributed by atoms with Gasteiger partial charge in [-0.3, -0.25) is 0 Å². The Balaban J connectivity index is 0.00000225. The Kier molecular flexibility index (Phi) is 6.65. The molecule has 2 heterocycles. The highest BCUT2D eigenvalue weighted by atomic mass is 35.5. The van der Waals surface area contributed by atoms with E-state index >= 15 is 0 Å². The van der Waals surface area contributed by atoms with Crippen molar-refractivity contribution in [3.63, 3.8) is 0 Å². The summed E-state index contributed by atoms with van der Waals surface area (Å²) in [4.78, 5) is 14.1. The van der Waals surface area contributed by atoms with Gasteiger partial charge in [-0.1, -0.05) is 6.07 Å². The molecule has 140 valence electrons. The second kappa shape index (κ2) is 8.34. The number of aryl methyl sites for hydroxylation is 1. The Hall–Kier alpha value is -1.37. The molecule has 0 radical (unpaired) electrons. The molecule has 2 aliphatic heterocycles. The Labute approximate surface area is 153 Å². The number of nitrogens with zero attached hydrogens (tertiary/aromatic N) is 1. The Morgan fingerprint density at radius 1 is 1.44 bits per heavy atom. The van der Waals surface area contributed by atoms with Crippen LogP contribution in [0.1, 0.15) is 24.8 Å². The number of rotatable bonds is 5. The van der Waals surface area contributed by atoms with Crippen molar-refractivity contribution in [1.82, 2.24) is 4.90 Å². The summed E-state index contributed by atoms with van der Waals surface area (Å²) in [6, 6.07) is 4.51. The fraction of sp³-hybridized carbons (Fsp3) is 0.611. The van der Waals surface area contributed by atoms with Gasteiger partial charge in [0.25, 0.3) is 0 Å². The molecule has 0 aliphatic carbocycles. The number of benzene rings is 1. The van der Waals surface area contributed by atoms with Crippen molar-refractivity contribution in [3.05, 3.63) is 29.6 Å². The molecule has 2 saturated heterocycles. The van der Waals surface area contributed by atoms with E-state index in [0.717, 1.165) is 31.7 Å². The number of carboxylic acids is 1. The minimum atomic E-state index is -1.35. The highest BCUT2D eigenvalue weighted by Gasteiger charge is 2.44. The van der Waals surface area contributed by atoms with Crippen LogP contribution in [0, 0.1) is 18.7 Å². The molecular weight excluding hydrogens is 349 g/mol. The smallest absolute Gasteiger partial charge is 0.348 e. The maximum Gasteiger partial charge on any atom is 0.348 e. The molecule has 25 heavy (non-hydrogen) atoms. The van der Waals surface area contributed by atoms with E-state index in [-0.39, 0.29) is 18.2 Å². The van der Waals surface area contributed by atoms with Crippen molar-refractivity contribution in [1.29, 1.82) is 0 Å². The van der Waals surface area contributed by atoms with Gasteiger partial charge in [-0.2, -0.15) is 0 Å². The third-order valence-corrected chi connectivity index (χ3v) is 4.99. The van der Waals surface area contributed by atoms with E-state index in [1.165, 1.54) is 6.07 Å². The maximum atomic E-state index is 14.0. The maximum absolute atomic E-state index is 14.0. The van der Waals surface area contributed by atoms with Gasteiger partial charge in [-0.05, 0) is 37.0 Å². The van der Waals surface area contributed by atoms with Crippen LogP contribution >= 0.6 is 12.4 Å². The Morgan fingerprint density at radius 3 is 2.76 bits per heavy atom. The number of aliphatic carboxylic acids is 1. The van der Waals surface area contributed by atoms with Crippen molar-refractivity contribution >= 4 is 18.4 Å². The van der Waals surface area contributed by atoms with E-state index in [4.69, 9.17) is 9.47 Å². The van der Waals surface area contributed by atoms with E-state index in [0.29, 0.717) is 31.8 Å². The van der Waals surface area contributed by atoms with Crippen molar-refractivity contribution in [2.24, 2.45) is 5.92 Å². The number of carboxylic acid groups (broad SMARTS) is 1. The van der Waals surface area contributed by atoms with E-state index in [2.05, 4.69) is 4.90 Å². The lowest BCUT2D eigenvalue weighted by molar-refractivity contribution is -0.160. The zero-order chi connectivity index (χ0) is 17.2. The number of piperidine rings is 1. The third-order valence-electron chi connectivity index (χ3n) is 4.99. The van der Waals surface area contributed by atoms with E-state index in [1.54, 1.807) is 12.1 Å². The van der Waals surface area contributed by atoms with Gasteiger partial charge in [0.15, 0.2) is 11.6 Å². The van der Waals surface area contributed by atoms with Crippen molar-refractivity contribution in [3.8, 4) is 5.75 Å². The van der Waals surface area contributed by atoms with E-state index < -0.39 is 17.4 Å². The highest BCUT2D eigenvalue weighted by molar-refractivity contribution is 5.85. The Bertz CT molecular complexity index is 599. The molecule has 3 rings (SSSR count). The van der Waals surface area contributed by atoms with Crippen LogP contribution in [0.15, 0.2) is 18.2 Å². The molecule has 1 N–H and O–H groups in total. The molecule has 1 aromatic rings. The largest absolute Gasteiger partial charge is 0.478 e. The first-order chi connectivity index (χ1) is 11.5. The molecule has 0 spiro atoms. The quantitative estimate of drug-likeness (QED) is 0.860. The number of likely N-dealkylation sites (tertiary alicyclic amines) is 1. The second-order valence-corrected chi connectivity index (χ2v) is 6.87. The lowest BCUT2D eigenvalue weighted by atomic mass is 9.90. The van der Waals surface area contributed by atoms with Crippen molar-refractivity contribution < 1.29 is 23.8 Å². The molecule has 5 nitrogen and oxygen atoms in total. The molecule has 2 fully saturated rings. The van der Waals surface area contributed by atoms with Gasteiger partial charge >= 0.3 is 5.97 Å².